The Morgan fingerprint density at radius 1 is 1.33 bits per heavy atom. The van der Waals surface area contributed by atoms with Gasteiger partial charge in [0.2, 0.25) is 5.91 Å². The van der Waals surface area contributed by atoms with E-state index in [1.807, 2.05) is 30.4 Å². The van der Waals surface area contributed by atoms with Crippen LogP contribution in [0.4, 0.5) is 5.82 Å². The van der Waals surface area contributed by atoms with Gasteiger partial charge in [-0.15, -0.1) is 11.3 Å². The van der Waals surface area contributed by atoms with Gasteiger partial charge in [-0.2, -0.15) is 0 Å². The molecule has 0 aliphatic carbocycles. The summed E-state index contributed by atoms with van der Waals surface area (Å²) < 4.78 is 0. The Morgan fingerprint density at radius 3 is 2.90 bits per heavy atom. The number of aliphatic imine (C=N–C) groups is 1. The second-order valence-electron chi connectivity index (χ2n) is 7.74. The van der Waals surface area contributed by atoms with Crippen LogP contribution < -0.4 is 16.0 Å². The number of thiophene rings is 1. The molecule has 2 aromatic rings. The number of carbonyl (C=O) groups is 1. The second-order valence-corrected chi connectivity index (χ2v) is 8.72. The molecule has 2 aromatic heterocycles. The van der Waals surface area contributed by atoms with E-state index < -0.39 is 0 Å². The third-order valence-electron chi connectivity index (χ3n) is 5.42. The van der Waals surface area contributed by atoms with Gasteiger partial charge in [-0.05, 0) is 62.4 Å². The summed E-state index contributed by atoms with van der Waals surface area (Å²) in [5, 5.41) is 11.7. The van der Waals surface area contributed by atoms with E-state index >= 15 is 0 Å². The van der Waals surface area contributed by atoms with Crippen LogP contribution in [0.25, 0.3) is 0 Å². The van der Waals surface area contributed by atoms with Crippen LogP contribution in [0.3, 0.4) is 0 Å². The van der Waals surface area contributed by atoms with Crippen molar-refractivity contribution >= 4 is 29.0 Å². The van der Waals surface area contributed by atoms with E-state index in [4.69, 9.17) is 0 Å². The molecule has 1 aliphatic rings. The second kappa shape index (κ2) is 11.1. The zero-order valence-corrected chi connectivity index (χ0v) is 18.8. The highest BCUT2D eigenvalue weighted by Crippen LogP contribution is 2.36. The minimum Gasteiger partial charge on any atom is -0.356 e. The Morgan fingerprint density at radius 2 is 2.20 bits per heavy atom. The number of carbonyl (C=O) groups excluding carboxylic acids is 1. The maximum Gasteiger partial charge on any atom is 0.227 e. The van der Waals surface area contributed by atoms with E-state index in [-0.39, 0.29) is 5.91 Å². The smallest absolute Gasteiger partial charge is 0.227 e. The fraction of sp³-hybridized carbons (Fsp3) is 0.500. The van der Waals surface area contributed by atoms with Gasteiger partial charge in [0.1, 0.15) is 5.82 Å². The third-order valence-corrected chi connectivity index (χ3v) is 6.36. The lowest BCUT2D eigenvalue weighted by Gasteiger charge is -2.39. The number of nitrogens with one attached hydrogen (secondary N) is 3. The minimum absolute atomic E-state index is 0.0685. The van der Waals surface area contributed by atoms with E-state index in [9.17, 15) is 4.79 Å². The molecule has 1 amide bonds. The number of aryl methyl sites for hydroxylation is 1. The number of guanidine groups is 1. The fourth-order valence-corrected chi connectivity index (χ4v) is 4.86. The number of rotatable bonds is 7. The van der Waals surface area contributed by atoms with Crippen molar-refractivity contribution in [3.63, 3.8) is 0 Å². The average molecular weight is 429 g/mol. The van der Waals surface area contributed by atoms with E-state index in [1.54, 1.807) is 13.2 Å². The zero-order chi connectivity index (χ0) is 21.3. The Bertz CT molecular complexity index is 821. The number of piperidine rings is 1. The fourth-order valence-electron chi connectivity index (χ4n) is 3.87. The van der Waals surface area contributed by atoms with Crippen molar-refractivity contribution in [3.8, 4) is 0 Å². The summed E-state index contributed by atoms with van der Waals surface area (Å²) in [6.07, 6.45) is 4.50. The van der Waals surface area contributed by atoms with E-state index in [2.05, 4.69) is 55.4 Å². The highest BCUT2D eigenvalue weighted by Gasteiger charge is 2.31. The van der Waals surface area contributed by atoms with Gasteiger partial charge in [-0.3, -0.25) is 14.7 Å². The van der Waals surface area contributed by atoms with Crippen molar-refractivity contribution in [3.05, 3.63) is 46.3 Å². The van der Waals surface area contributed by atoms with Crippen molar-refractivity contribution in [1.29, 1.82) is 0 Å². The predicted molar refractivity (Wildman–Crippen MR) is 124 cm³/mol. The summed E-state index contributed by atoms with van der Waals surface area (Å²) in [4.78, 5) is 24.5. The Hall–Kier alpha value is -2.45. The van der Waals surface area contributed by atoms with E-state index in [1.165, 1.54) is 17.7 Å². The molecule has 0 bridgehead atoms. The molecule has 2 unspecified atom stereocenters. The number of anilines is 1. The van der Waals surface area contributed by atoms with Gasteiger partial charge in [0.05, 0.1) is 0 Å². The predicted octanol–water partition coefficient (Wildman–Crippen LogP) is 3.03. The van der Waals surface area contributed by atoms with Crippen LogP contribution in [0.2, 0.25) is 0 Å². The summed E-state index contributed by atoms with van der Waals surface area (Å²) in [6, 6.07) is 8.55. The molecule has 3 rings (SSSR count). The monoisotopic (exact) mass is 428 g/mol. The van der Waals surface area contributed by atoms with Crippen LogP contribution in [-0.2, 0) is 4.79 Å². The van der Waals surface area contributed by atoms with Crippen molar-refractivity contribution in [2.75, 3.05) is 39.0 Å². The topological polar surface area (TPSA) is 81.6 Å². The standard InChI is InChI=1S/C22H32N6OS/c1-16-8-9-19(25-14-16)27-20(29)10-11-24-22(23-2)26-15-17-6-4-12-28(3)21(17)18-7-5-13-30-18/h5,7-9,13-14,17,21H,4,6,10-12,15H2,1-3H3,(H2,23,24,26)(H,25,27,29). The Kier molecular flexibility index (Phi) is 8.21. The molecule has 2 atom stereocenters. The first-order valence-electron chi connectivity index (χ1n) is 10.5. The van der Waals surface area contributed by atoms with E-state index in [0.29, 0.717) is 30.7 Å². The normalized spacial score (nSPS) is 20.0. The molecule has 162 valence electrons. The molecule has 30 heavy (non-hydrogen) atoms. The van der Waals surface area contributed by atoms with Crippen LogP contribution in [0.1, 0.15) is 35.7 Å². The molecule has 8 heteroatoms. The molecule has 3 heterocycles. The number of pyridine rings is 1. The van der Waals surface area contributed by atoms with Gasteiger partial charge in [0, 0.05) is 43.7 Å². The van der Waals surface area contributed by atoms with Gasteiger partial charge in [0.15, 0.2) is 5.96 Å². The van der Waals surface area contributed by atoms with Crippen molar-refractivity contribution < 1.29 is 4.79 Å². The molecular weight excluding hydrogens is 396 g/mol. The molecule has 0 spiro atoms. The van der Waals surface area contributed by atoms with E-state index in [0.717, 1.165) is 24.6 Å². The lowest BCUT2D eigenvalue weighted by Crippen LogP contribution is -2.45. The maximum absolute atomic E-state index is 12.1. The molecule has 0 saturated carbocycles. The number of hydrogen-bond donors (Lipinski definition) is 3. The number of amides is 1. The van der Waals surface area contributed by atoms with Crippen LogP contribution in [-0.4, -0.2) is 55.5 Å². The summed E-state index contributed by atoms with van der Waals surface area (Å²) >= 11 is 1.83. The quantitative estimate of drug-likeness (QED) is 0.467. The number of likely N-dealkylation sites (tertiary alicyclic amines) is 1. The molecule has 7 nitrogen and oxygen atoms in total. The first-order chi connectivity index (χ1) is 14.6. The van der Waals surface area contributed by atoms with Crippen molar-refractivity contribution in [2.24, 2.45) is 10.9 Å². The lowest BCUT2D eigenvalue weighted by atomic mass is 9.88. The Balaban J connectivity index is 1.44. The lowest BCUT2D eigenvalue weighted by molar-refractivity contribution is -0.116. The number of aromatic nitrogens is 1. The molecule has 1 fully saturated rings. The summed E-state index contributed by atoms with van der Waals surface area (Å²) in [6.45, 7) is 4.47. The number of hydrogen-bond acceptors (Lipinski definition) is 5. The molecule has 1 saturated heterocycles. The van der Waals surface area contributed by atoms with Gasteiger partial charge in [-0.1, -0.05) is 12.1 Å². The van der Waals surface area contributed by atoms with Gasteiger partial charge >= 0.3 is 0 Å². The number of nitrogens with zero attached hydrogens (tertiary/aromatic N) is 3. The first-order valence-corrected chi connectivity index (χ1v) is 11.4. The molecule has 0 radical (unpaired) electrons. The summed E-state index contributed by atoms with van der Waals surface area (Å²) in [5.41, 5.74) is 1.06. The summed E-state index contributed by atoms with van der Waals surface area (Å²) in [7, 11) is 3.97. The Labute approximate surface area is 183 Å². The van der Waals surface area contributed by atoms with Gasteiger partial charge in [0.25, 0.3) is 0 Å². The maximum atomic E-state index is 12.1. The molecular formula is C22H32N6OS. The highest BCUT2D eigenvalue weighted by molar-refractivity contribution is 7.10. The molecule has 3 N–H and O–H groups in total. The van der Waals surface area contributed by atoms with Crippen molar-refractivity contribution in [1.82, 2.24) is 20.5 Å². The molecule has 0 aromatic carbocycles. The molecule has 1 aliphatic heterocycles. The third kappa shape index (κ3) is 6.27. The van der Waals surface area contributed by atoms with Crippen LogP contribution in [0, 0.1) is 12.8 Å². The minimum atomic E-state index is -0.0685. The van der Waals surface area contributed by atoms with Crippen LogP contribution in [0.15, 0.2) is 40.8 Å². The van der Waals surface area contributed by atoms with Gasteiger partial charge < -0.3 is 16.0 Å². The highest BCUT2D eigenvalue weighted by atomic mass is 32.1. The van der Waals surface area contributed by atoms with Crippen molar-refractivity contribution in [2.45, 2.75) is 32.2 Å². The van der Waals surface area contributed by atoms with Gasteiger partial charge in [-0.25, -0.2) is 4.98 Å². The SMILES string of the molecule is CN=C(NCCC(=O)Nc1ccc(C)cn1)NCC1CCCN(C)C1c1cccs1. The first kappa shape index (κ1) is 22.2. The zero-order valence-electron chi connectivity index (χ0n) is 18.0. The largest absolute Gasteiger partial charge is 0.356 e. The van der Waals surface area contributed by atoms with Crippen LogP contribution >= 0.6 is 11.3 Å². The van der Waals surface area contributed by atoms with Crippen LogP contribution in [0.5, 0.6) is 0 Å². The summed E-state index contributed by atoms with van der Waals surface area (Å²) in [5.74, 6) is 1.77. The average Bonchev–Trinajstić information content (AvgIpc) is 3.26.